The number of hydrogen-bond donors (Lipinski definition) is 2. The fourth-order valence-electron chi connectivity index (χ4n) is 3.57. The molecule has 2 aromatic rings. The van der Waals surface area contributed by atoms with Gasteiger partial charge in [-0.3, -0.25) is 9.59 Å². The van der Waals surface area contributed by atoms with Crippen LogP contribution in [0.25, 0.3) is 0 Å². The molecule has 0 aromatic heterocycles. The average Bonchev–Trinajstić information content (AvgIpc) is 3.16. The number of thioether (sulfide) groups is 1. The predicted molar refractivity (Wildman–Crippen MR) is 109 cm³/mol. The van der Waals surface area contributed by atoms with Crippen molar-refractivity contribution >= 4 is 35.0 Å². The lowest BCUT2D eigenvalue weighted by Gasteiger charge is -2.22. The largest absolute Gasteiger partial charge is 0.371 e. The first kappa shape index (κ1) is 18.8. The van der Waals surface area contributed by atoms with Crippen LogP contribution in [0.15, 0.2) is 47.4 Å². The van der Waals surface area contributed by atoms with E-state index in [1.807, 2.05) is 13.0 Å². The number of fused-ring (bicyclic) bond motifs is 1. The maximum Gasteiger partial charge on any atom is 0.251 e. The summed E-state index contributed by atoms with van der Waals surface area (Å²) in [5.41, 5.74) is 2.25. The van der Waals surface area contributed by atoms with Crippen LogP contribution in [0.3, 0.4) is 0 Å². The molecule has 2 amide bonds. The summed E-state index contributed by atoms with van der Waals surface area (Å²) in [7, 11) is 0. The number of carbonyl (C=O) groups is 2. The minimum atomic E-state index is -0.235. The van der Waals surface area contributed by atoms with Crippen LogP contribution in [0.4, 0.5) is 15.8 Å². The van der Waals surface area contributed by atoms with Crippen LogP contribution >= 0.6 is 11.8 Å². The normalized spacial score (nSPS) is 21.2. The number of benzene rings is 2. The molecule has 7 heteroatoms. The molecule has 146 valence electrons. The van der Waals surface area contributed by atoms with Crippen molar-refractivity contribution < 1.29 is 14.0 Å². The third-order valence-electron chi connectivity index (χ3n) is 5.20. The van der Waals surface area contributed by atoms with Crippen LogP contribution in [0.1, 0.15) is 23.7 Å². The van der Waals surface area contributed by atoms with Crippen molar-refractivity contribution in [2.24, 2.45) is 5.92 Å². The molecule has 0 radical (unpaired) electrons. The van der Waals surface area contributed by atoms with Gasteiger partial charge in [0.2, 0.25) is 5.91 Å². The molecule has 0 aliphatic carbocycles. The van der Waals surface area contributed by atoms with Gasteiger partial charge in [-0.1, -0.05) is 0 Å². The number of hydrogen-bond acceptors (Lipinski definition) is 4. The molecule has 2 N–H and O–H groups in total. The molecule has 2 atom stereocenters. The van der Waals surface area contributed by atoms with Crippen molar-refractivity contribution in [3.05, 3.63) is 53.8 Å². The highest BCUT2D eigenvalue weighted by atomic mass is 32.2. The third-order valence-corrected chi connectivity index (χ3v) is 6.38. The van der Waals surface area contributed by atoms with Crippen LogP contribution in [-0.2, 0) is 4.79 Å². The van der Waals surface area contributed by atoms with E-state index in [1.54, 1.807) is 24.3 Å². The summed E-state index contributed by atoms with van der Waals surface area (Å²) in [5, 5.41) is 5.73. The molecule has 2 aromatic carbocycles. The van der Waals surface area contributed by atoms with Crippen molar-refractivity contribution in [1.29, 1.82) is 0 Å². The van der Waals surface area contributed by atoms with Crippen LogP contribution in [0, 0.1) is 11.7 Å². The van der Waals surface area contributed by atoms with Crippen molar-refractivity contribution in [3.8, 4) is 0 Å². The zero-order valence-corrected chi connectivity index (χ0v) is 16.4. The molecule has 0 spiro atoms. The monoisotopic (exact) mass is 399 g/mol. The Morgan fingerprint density at radius 2 is 2.07 bits per heavy atom. The van der Waals surface area contributed by atoms with E-state index < -0.39 is 0 Å². The zero-order valence-electron chi connectivity index (χ0n) is 15.6. The highest BCUT2D eigenvalue weighted by Gasteiger charge is 2.25. The van der Waals surface area contributed by atoms with Gasteiger partial charge in [0, 0.05) is 35.8 Å². The second kappa shape index (κ2) is 7.83. The molecule has 2 aliphatic rings. The van der Waals surface area contributed by atoms with Crippen molar-refractivity contribution in [3.63, 3.8) is 0 Å². The molecule has 0 saturated carbocycles. The number of halogens is 1. The van der Waals surface area contributed by atoms with Crippen molar-refractivity contribution in [2.45, 2.75) is 23.5 Å². The van der Waals surface area contributed by atoms with Gasteiger partial charge < -0.3 is 15.5 Å². The number of carbonyl (C=O) groups excluding carboxylic acids is 2. The first-order valence-electron chi connectivity index (χ1n) is 9.40. The van der Waals surface area contributed by atoms with Gasteiger partial charge in [0.05, 0.1) is 10.9 Å². The number of rotatable bonds is 4. The summed E-state index contributed by atoms with van der Waals surface area (Å²) in [6.45, 7) is 4.18. The Morgan fingerprint density at radius 1 is 1.29 bits per heavy atom. The summed E-state index contributed by atoms with van der Waals surface area (Å²) in [6, 6.07) is 11.9. The second-order valence-corrected chi connectivity index (χ2v) is 8.63. The van der Waals surface area contributed by atoms with Gasteiger partial charge in [-0.2, -0.15) is 0 Å². The molecule has 4 rings (SSSR count). The summed E-state index contributed by atoms with van der Waals surface area (Å²) in [4.78, 5) is 27.6. The number of nitrogens with one attached hydrogen (secondary N) is 2. The Bertz CT molecular complexity index is 903. The second-order valence-electron chi connectivity index (χ2n) is 7.25. The fraction of sp³-hybridized carbons (Fsp3) is 0.333. The first-order chi connectivity index (χ1) is 13.5. The summed E-state index contributed by atoms with van der Waals surface area (Å²) in [5.74, 6) is -0.0635. The smallest absolute Gasteiger partial charge is 0.251 e. The molecule has 5 nitrogen and oxygen atoms in total. The van der Waals surface area contributed by atoms with Gasteiger partial charge >= 0.3 is 0 Å². The molecule has 1 fully saturated rings. The number of amides is 2. The van der Waals surface area contributed by atoms with E-state index in [0.29, 0.717) is 23.7 Å². The van der Waals surface area contributed by atoms with Gasteiger partial charge in [0.25, 0.3) is 5.91 Å². The third kappa shape index (κ3) is 3.99. The molecule has 2 aliphatic heterocycles. The van der Waals surface area contributed by atoms with Crippen LogP contribution < -0.4 is 15.5 Å². The molecule has 28 heavy (non-hydrogen) atoms. The predicted octanol–water partition coefficient (Wildman–Crippen LogP) is 3.51. The summed E-state index contributed by atoms with van der Waals surface area (Å²) < 4.78 is 13.1. The lowest BCUT2D eigenvalue weighted by atomic mass is 10.1. The molecule has 2 heterocycles. The highest BCUT2D eigenvalue weighted by Crippen LogP contribution is 2.36. The van der Waals surface area contributed by atoms with Gasteiger partial charge in [-0.05, 0) is 61.7 Å². The van der Waals surface area contributed by atoms with E-state index in [2.05, 4.69) is 15.5 Å². The Balaban J connectivity index is 1.33. The Labute approximate surface area is 167 Å². The standard InChI is InChI=1S/C21H22FN3O2S/c1-13-20(26)24-18-10-15(2-7-19(18)28-13)21(27)23-11-14-8-9-25(12-14)17-5-3-16(22)4-6-17/h2-7,10,13-14H,8-9,11-12H2,1H3,(H,23,27)(H,24,26)/t13-,14-/m1/s1. The highest BCUT2D eigenvalue weighted by molar-refractivity contribution is 8.00. The maximum absolute atomic E-state index is 13.1. The number of nitrogens with zero attached hydrogens (tertiary/aromatic N) is 1. The van der Waals surface area contributed by atoms with Gasteiger partial charge in [0.1, 0.15) is 5.82 Å². The van der Waals surface area contributed by atoms with E-state index in [9.17, 15) is 14.0 Å². The topological polar surface area (TPSA) is 61.4 Å². The molecule has 0 unspecified atom stereocenters. The fourth-order valence-corrected chi connectivity index (χ4v) is 4.51. The quantitative estimate of drug-likeness (QED) is 0.826. The van der Waals surface area contributed by atoms with Crippen LogP contribution in [0.2, 0.25) is 0 Å². The Kier molecular flexibility index (Phi) is 5.26. The molecule has 0 bridgehead atoms. The molecular weight excluding hydrogens is 377 g/mol. The average molecular weight is 399 g/mol. The van der Waals surface area contributed by atoms with E-state index in [4.69, 9.17) is 0 Å². The van der Waals surface area contributed by atoms with Crippen LogP contribution in [-0.4, -0.2) is 36.7 Å². The SMILES string of the molecule is C[C@H]1Sc2ccc(C(=O)NC[C@H]3CCN(c4ccc(F)cc4)C3)cc2NC1=O. The van der Waals surface area contributed by atoms with Gasteiger partial charge in [-0.15, -0.1) is 11.8 Å². The minimum Gasteiger partial charge on any atom is -0.371 e. The van der Waals surface area contributed by atoms with Crippen molar-refractivity contribution in [1.82, 2.24) is 5.32 Å². The lowest BCUT2D eigenvalue weighted by molar-refractivity contribution is -0.115. The van der Waals surface area contributed by atoms with E-state index in [-0.39, 0.29) is 22.9 Å². The van der Waals surface area contributed by atoms with E-state index >= 15 is 0 Å². The van der Waals surface area contributed by atoms with Gasteiger partial charge in [0.15, 0.2) is 0 Å². The number of anilines is 2. The Hall–Kier alpha value is -2.54. The van der Waals surface area contributed by atoms with Crippen LogP contribution in [0.5, 0.6) is 0 Å². The summed E-state index contributed by atoms with van der Waals surface area (Å²) in [6.07, 6.45) is 0.979. The summed E-state index contributed by atoms with van der Waals surface area (Å²) >= 11 is 1.50. The van der Waals surface area contributed by atoms with E-state index in [1.165, 1.54) is 23.9 Å². The first-order valence-corrected chi connectivity index (χ1v) is 10.3. The Morgan fingerprint density at radius 3 is 2.86 bits per heavy atom. The molecular formula is C21H22FN3O2S. The van der Waals surface area contributed by atoms with E-state index in [0.717, 1.165) is 30.1 Å². The zero-order chi connectivity index (χ0) is 19.7. The minimum absolute atomic E-state index is 0.0399. The maximum atomic E-state index is 13.1. The van der Waals surface area contributed by atoms with Crippen molar-refractivity contribution in [2.75, 3.05) is 29.9 Å². The van der Waals surface area contributed by atoms with Gasteiger partial charge in [-0.25, -0.2) is 4.39 Å². The molecule has 1 saturated heterocycles. The lowest BCUT2D eigenvalue weighted by Crippen LogP contribution is -2.31.